The predicted molar refractivity (Wildman–Crippen MR) is 72.4 cm³/mol. The van der Waals surface area contributed by atoms with Crippen molar-refractivity contribution < 1.29 is 0 Å². The van der Waals surface area contributed by atoms with Gasteiger partial charge in [0.05, 0.1) is 0 Å². The molecular formula is C14H33N. The fraction of sp³-hybridized carbons (Fsp3) is 1.00. The highest BCUT2D eigenvalue weighted by atomic mass is 15.1. The molecule has 0 aromatic carbocycles. The molecule has 1 saturated heterocycles. The summed E-state index contributed by atoms with van der Waals surface area (Å²) in [6.07, 6.45) is 6.97. The van der Waals surface area contributed by atoms with E-state index in [9.17, 15) is 0 Å². The Hall–Kier alpha value is -0.0400. The van der Waals surface area contributed by atoms with Gasteiger partial charge in [0.15, 0.2) is 0 Å². The van der Waals surface area contributed by atoms with Crippen molar-refractivity contribution in [3.05, 3.63) is 0 Å². The Morgan fingerprint density at radius 3 is 1.67 bits per heavy atom. The van der Waals surface area contributed by atoms with Crippen LogP contribution < -0.4 is 0 Å². The van der Waals surface area contributed by atoms with E-state index in [2.05, 4.69) is 32.7 Å². The Kier molecular flexibility index (Phi) is 16.2. The van der Waals surface area contributed by atoms with Gasteiger partial charge >= 0.3 is 0 Å². The quantitative estimate of drug-likeness (QED) is 0.666. The number of hydrogen-bond acceptors (Lipinski definition) is 1. The zero-order chi connectivity index (χ0) is 12.1. The maximum atomic E-state index is 2.36. The van der Waals surface area contributed by atoms with Gasteiger partial charge in [0.2, 0.25) is 0 Å². The fourth-order valence-corrected chi connectivity index (χ4v) is 1.49. The Labute approximate surface area is 98.2 Å². The van der Waals surface area contributed by atoms with Gasteiger partial charge in [0.1, 0.15) is 0 Å². The Morgan fingerprint density at radius 1 is 1.07 bits per heavy atom. The van der Waals surface area contributed by atoms with Crippen molar-refractivity contribution in [1.82, 2.24) is 4.90 Å². The summed E-state index contributed by atoms with van der Waals surface area (Å²) < 4.78 is 0. The Morgan fingerprint density at radius 2 is 1.53 bits per heavy atom. The first-order chi connectivity index (χ1) is 7.16. The second kappa shape index (κ2) is 14.0. The van der Waals surface area contributed by atoms with Crippen molar-refractivity contribution in [2.75, 3.05) is 20.1 Å². The van der Waals surface area contributed by atoms with E-state index in [1.54, 1.807) is 0 Å². The summed E-state index contributed by atoms with van der Waals surface area (Å²) in [6, 6.07) is 0. The van der Waals surface area contributed by atoms with Crippen LogP contribution in [0.5, 0.6) is 0 Å². The van der Waals surface area contributed by atoms with Gasteiger partial charge in [-0.2, -0.15) is 0 Å². The van der Waals surface area contributed by atoms with Crippen LogP contribution in [-0.4, -0.2) is 25.0 Å². The average Bonchev–Trinajstić information content (AvgIpc) is 2.70. The largest absolute Gasteiger partial charge is 0.306 e. The molecule has 1 aliphatic heterocycles. The molecule has 1 nitrogen and oxygen atoms in total. The summed E-state index contributed by atoms with van der Waals surface area (Å²) in [5, 5.41) is 0. The second-order valence-electron chi connectivity index (χ2n) is 4.55. The van der Waals surface area contributed by atoms with Crippen molar-refractivity contribution >= 4 is 0 Å². The molecule has 0 amide bonds. The number of hydrogen-bond donors (Lipinski definition) is 0. The molecule has 1 rings (SSSR count). The number of likely N-dealkylation sites (tertiary alicyclic amines) is 1. The summed E-state index contributed by atoms with van der Waals surface area (Å²) >= 11 is 0. The molecule has 0 aromatic rings. The van der Waals surface area contributed by atoms with Gasteiger partial charge in [-0.1, -0.05) is 53.9 Å². The van der Waals surface area contributed by atoms with Crippen LogP contribution in [0.4, 0.5) is 0 Å². The summed E-state index contributed by atoms with van der Waals surface area (Å²) in [5.74, 6) is 0.903. The molecule has 1 aliphatic rings. The van der Waals surface area contributed by atoms with Crippen LogP contribution in [0, 0.1) is 5.92 Å². The van der Waals surface area contributed by atoms with Gasteiger partial charge in [-0.15, -0.1) is 0 Å². The topological polar surface area (TPSA) is 3.24 Å². The van der Waals surface area contributed by atoms with E-state index in [-0.39, 0.29) is 0 Å². The number of unbranched alkanes of at least 4 members (excludes halogenated alkanes) is 1. The van der Waals surface area contributed by atoms with Crippen LogP contribution in [0.25, 0.3) is 0 Å². The molecule has 0 atom stereocenters. The molecule has 0 radical (unpaired) electrons. The minimum absolute atomic E-state index is 0.903. The molecular weight excluding hydrogens is 182 g/mol. The normalized spacial score (nSPS) is 15.4. The van der Waals surface area contributed by atoms with E-state index in [1.165, 1.54) is 45.2 Å². The molecule has 0 aromatic heterocycles. The van der Waals surface area contributed by atoms with Crippen LogP contribution in [-0.2, 0) is 0 Å². The summed E-state index contributed by atoms with van der Waals surface area (Å²) in [4.78, 5) is 2.36. The third-order valence-corrected chi connectivity index (χ3v) is 2.46. The lowest BCUT2D eigenvalue weighted by molar-refractivity contribution is 0.418. The van der Waals surface area contributed by atoms with Gasteiger partial charge in [-0.3, -0.25) is 0 Å². The highest BCUT2D eigenvalue weighted by molar-refractivity contribution is 4.59. The van der Waals surface area contributed by atoms with Crippen molar-refractivity contribution in [2.24, 2.45) is 5.92 Å². The van der Waals surface area contributed by atoms with Crippen molar-refractivity contribution in [3.8, 4) is 0 Å². The fourth-order valence-electron chi connectivity index (χ4n) is 1.49. The van der Waals surface area contributed by atoms with Gasteiger partial charge in [0, 0.05) is 0 Å². The molecule has 0 spiro atoms. The van der Waals surface area contributed by atoms with Gasteiger partial charge in [0.25, 0.3) is 0 Å². The van der Waals surface area contributed by atoms with E-state index < -0.39 is 0 Å². The van der Waals surface area contributed by atoms with Crippen LogP contribution >= 0.6 is 0 Å². The molecule has 0 saturated carbocycles. The highest BCUT2D eigenvalue weighted by Crippen LogP contribution is 2.04. The van der Waals surface area contributed by atoms with Crippen molar-refractivity contribution in [2.45, 2.75) is 66.7 Å². The molecule has 94 valence electrons. The second-order valence-corrected chi connectivity index (χ2v) is 4.55. The van der Waals surface area contributed by atoms with E-state index in [0.29, 0.717) is 0 Å². The highest BCUT2D eigenvalue weighted by Gasteiger charge is 2.03. The van der Waals surface area contributed by atoms with E-state index in [4.69, 9.17) is 0 Å². The van der Waals surface area contributed by atoms with E-state index in [0.717, 1.165) is 5.92 Å². The maximum absolute atomic E-state index is 2.36. The standard InChI is InChI=1S/C7H16.C5H11N.C2H6/c1-4-5-6-7(2)3;1-6-4-2-3-5-6;1-2/h7H,4-6H2,1-3H3;2-5H2,1H3;1-2H3. The van der Waals surface area contributed by atoms with Crippen LogP contribution in [0.15, 0.2) is 0 Å². The van der Waals surface area contributed by atoms with Crippen LogP contribution in [0.1, 0.15) is 66.7 Å². The average molecular weight is 215 g/mol. The molecule has 1 fully saturated rings. The van der Waals surface area contributed by atoms with E-state index >= 15 is 0 Å². The zero-order valence-corrected chi connectivity index (χ0v) is 12.0. The minimum atomic E-state index is 0.903. The van der Waals surface area contributed by atoms with Crippen molar-refractivity contribution in [1.29, 1.82) is 0 Å². The molecule has 1 heterocycles. The maximum Gasteiger partial charge on any atom is -0.00213 e. The zero-order valence-electron chi connectivity index (χ0n) is 12.0. The minimum Gasteiger partial charge on any atom is -0.306 e. The third kappa shape index (κ3) is 16.6. The lowest BCUT2D eigenvalue weighted by atomic mass is 10.1. The Bertz CT molecular complexity index is 93.5. The van der Waals surface area contributed by atoms with Gasteiger partial charge < -0.3 is 4.90 Å². The molecule has 1 heteroatoms. The number of rotatable bonds is 3. The van der Waals surface area contributed by atoms with Crippen LogP contribution in [0.2, 0.25) is 0 Å². The Balaban J connectivity index is 0. The molecule has 0 N–H and O–H groups in total. The van der Waals surface area contributed by atoms with Gasteiger partial charge in [-0.25, -0.2) is 0 Å². The smallest absolute Gasteiger partial charge is 0.00213 e. The SMILES string of the molecule is CC.CCCCC(C)C.CN1CCCC1. The van der Waals surface area contributed by atoms with Gasteiger partial charge in [-0.05, 0) is 38.9 Å². The third-order valence-electron chi connectivity index (χ3n) is 2.46. The first-order valence-corrected chi connectivity index (χ1v) is 6.85. The lowest BCUT2D eigenvalue weighted by Crippen LogP contribution is -2.10. The first kappa shape index (κ1) is 17.4. The molecule has 0 bridgehead atoms. The summed E-state index contributed by atoms with van der Waals surface area (Å²) in [5.41, 5.74) is 0. The lowest BCUT2D eigenvalue weighted by Gasteiger charge is -2.01. The molecule has 0 aliphatic carbocycles. The summed E-state index contributed by atoms with van der Waals surface area (Å²) in [7, 11) is 2.17. The predicted octanol–water partition coefficient (Wildman–Crippen LogP) is 4.57. The monoisotopic (exact) mass is 215 g/mol. The van der Waals surface area contributed by atoms with E-state index in [1.807, 2.05) is 13.8 Å². The number of nitrogens with zero attached hydrogens (tertiary/aromatic N) is 1. The van der Waals surface area contributed by atoms with Crippen molar-refractivity contribution in [3.63, 3.8) is 0 Å². The summed E-state index contributed by atoms with van der Waals surface area (Å²) in [6.45, 7) is 13.4. The first-order valence-electron chi connectivity index (χ1n) is 6.85. The molecule has 15 heavy (non-hydrogen) atoms. The molecule has 0 unspecified atom stereocenters. The van der Waals surface area contributed by atoms with Crippen LogP contribution in [0.3, 0.4) is 0 Å².